The van der Waals surface area contributed by atoms with E-state index >= 15 is 0 Å². The molecule has 2 fully saturated rings. The number of benzene rings is 1. The normalized spacial score (nSPS) is 20.7. The molecule has 0 spiro atoms. The van der Waals surface area contributed by atoms with E-state index in [1.807, 2.05) is 0 Å². The maximum atomic E-state index is 12.1. The smallest absolute Gasteiger partial charge is 0.321 e. The Morgan fingerprint density at radius 1 is 1.19 bits per heavy atom. The van der Waals surface area contributed by atoms with Gasteiger partial charge in [0.2, 0.25) is 5.13 Å². The summed E-state index contributed by atoms with van der Waals surface area (Å²) in [6.45, 7) is 3.84. The number of nitrogens with one attached hydrogen (secondary N) is 2. The van der Waals surface area contributed by atoms with Crippen molar-refractivity contribution in [1.82, 2.24) is 20.4 Å². The fourth-order valence-electron chi connectivity index (χ4n) is 3.46. The number of hydrogen-bond acceptors (Lipinski definition) is 5. The van der Waals surface area contributed by atoms with Crippen LogP contribution in [0.4, 0.5) is 9.93 Å². The van der Waals surface area contributed by atoms with Gasteiger partial charge in [-0.15, -0.1) is 10.2 Å². The Labute approximate surface area is 158 Å². The summed E-state index contributed by atoms with van der Waals surface area (Å²) in [4.78, 5) is 14.6. The second kappa shape index (κ2) is 8.14. The molecule has 26 heavy (non-hydrogen) atoms. The van der Waals surface area contributed by atoms with Crippen molar-refractivity contribution in [2.75, 3.05) is 25.0 Å². The number of aromatic nitrogens is 2. The van der Waals surface area contributed by atoms with Gasteiger partial charge in [-0.05, 0) is 43.7 Å². The van der Waals surface area contributed by atoms with Gasteiger partial charge in [0.25, 0.3) is 0 Å². The molecule has 0 unspecified atom stereocenters. The third kappa shape index (κ3) is 4.80. The van der Waals surface area contributed by atoms with Gasteiger partial charge in [-0.2, -0.15) is 0 Å². The van der Waals surface area contributed by atoms with Gasteiger partial charge in [0.1, 0.15) is 5.01 Å². The van der Waals surface area contributed by atoms with Crippen LogP contribution in [0, 0.1) is 5.92 Å². The number of amides is 2. The number of piperidine rings is 1. The van der Waals surface area contributed by atoms with Gasteiger partial charge in [-0.1, -0.05) is 41.7 Å². The van der Waals surface area contributed by atoms with E-state index in [0.29, 0.717) is 23.5 Å². The monoisotopic (exact) mass is 371 g/mol. The molecule has 1 aromatic carbocycles. The first kappa shape index (κ1) is 17.4. The van der Waals surface area contributed by atoms with Crippen molar-refractivity contribution < 1.29 is 4.79 Å². The average Bonchev–Trinajstić information content (AvgIpc) is 3.41. The topological polar surface area (TPSA) is 70.2 Å². The molecule has 6 nitrogen and oxygen atoms in total. The van der Waals surface area contributed by atoms with Crippen molar-refractivity contribution in [1.29, 1.82) is 0 Å². The van der Waals surface area contributed by atoms with E-state index in [1.54, 1.807) is 0 Å². The maximum absolute atomic E-state index is 12.1. The second-order valence-electron chi connectivity index (χ2n) is 7.28. The Kier molecular flexibility index (Phi) is 5.45. The summed E-state index contributed by atoms with van der Waals surface area (Å²) in [5, 5.41) is 15.7. The third-order valence-corrected chi connectivity index (χ3v) is 5.99. The molecule has 1 saturated heterocycles. The minimum Gasteiger partial charge on any atom is -0.337 e. The Morgan fingerprint density at radius 3 is 2.85 bits per heavy atom. The molecule has 138 valence electrons. The van der Waals surface area contributed by atoms with Gasteiger partial charge in [-0.3, -0.25) is 10.2 Å². The van der Waals surface area contributed by atoms with E-state index in [9.17, 15) is 4.79 Å². The summed E-state index contributed by atoms with van der Waals surface area (Å²) in [5.74, 6) is 1.07. The van der Waals surface area contributed by atoms with Crippen molar-refractivity contribution in [3.63, 3.8) is 0 Å². The first-order chi connectivity index (χ1) is 12.8. The standard InChI is InChI=1S/C19H25N5OS/c25-18(21-19-23-22-17(26-19)16-8-9-16)20-11-15-7-4-10-24(13-15)12-14-5-2-1-3-6-14/h1-3,5-6,15-16H,4,7-13H2,(H2,20,21,23,25)/t15-/m1/s1. The van der Waals surface area contributed by atoms with Crippen molar-refractivity contribution in [2.45, 2.75) is 38.1 Å². The summed E-state index contributed by atoms with van der Waals surface area (Å²) in [6.07, 6.45) is 4.74. The summed E-state index contributed by atoms with van der Waals surface area (Å²) >= 11 is 1.49. The van der Waals surface area contributed by atoms with E-state index in [2.05, 4.69) is 56.1 Å². The minimum atomic E-state index is -0.177. The minimum absolute atomic E-state index is 0.177. The lowest BCUT2D eigenvalue weighted by molar-refractivity contribution is 0.166. The Morgan fingerprint density at radius 2 is 2.04 bits per heavy atom. The van der Waals surface area contributed by atoms with Gasteiger partial charge < -0.3 is 5.32 Å². The number of carbonyl (C=O) groups is 1. The van der Waals surface area contributed by atoms with Gasteiger partial charge >= 0.3 is 6.03 Å². The summed E-state index contributed by atoms with van der Waals surface area (Å²) in [6, 6.07) is 10.4. The molecule has 1 saturated carbocycles. The highest BCUT2D eigenvalue weighted by Crippen LogP contribution is 2.42. The molecule has 2 aromatic rings. The fraction of sp³-hybridized carbons (Fsp3) is 0.526. The van der Waals surface area contributed by atoms with Crippen LogP contribution in [0.3, 0.4) is 0 Å². The first-order valence-corrected chi connectivity index (χ1v) is 10.2. The number of nitrogens with zero attached hydrogens (tertiary/aromatic N) is 3. The Hall–Kier alpha value is -1.99. The molecule has 2 aliphatic rings. The fourth-order valence-corrected chi connectivity index (χ4v) is 4.37. The quantitative estimate of drug-likeness (QED) is 0.816. The van der Waals surface area contributed by atoms with Crippen molar-refractivity contribution in [2.24, 2.45) is 5.92 Å². The Bertz CT molecular complexity index is 731. The summed E-state index contributed by atoms with van der Waals surface area (Å²) < 4.78 is 0. The highest BCUT2D eigenvalue weighted by Gasteiger charge is 2.28. The highest BCUT2D eigenvalue weighted by molar-refractivity contribution is 7.15. The van der Waals surface area contributed by atoms with Crippen LogP contribution < -0.4 is 10.6 Å². The van der Waals surface area contributed by atoms with Crippen LogP contribution in [0.5, 0.6) is 0 Å². The maximum Gasteiger partial charge on any atom is 0.321 e. The van der Waals surface area contributed by atoms with Gasteiger partial charge in [0.15, 0.2) is 0 Å². The molecule has 1 aliphatic carbocycles. The van der Waals surface area contributed by atoms with Crippen LogP contribution in [0.25, 0.3) is 0 Å². The number of urea groups is 1. The lowest BCUT2D eigenvalue weighted by Crippen LogP contribution is -2.41. The largest absolute Gasteiger partial charge is 0.337 e. The molecule has 1 atom stereocenters. The van der Waals surface area contributed by atoms with E-state index in [4.69, 9.17) is 0 Å². The zero-order chi connectivity index (χ0) is 17.8. The summed E-state index contributed by atoms with van der Waals surface area (Å²) in [5.41, 5.74) is 1.35. The third-order valence-electron chi connectivity index (χ3n) is 4.99. The first-order valence-electron chi connectivity index (χ1n) is 9.41. The summed E-state index contributed by atoms with van der Waals surface area (Å²) in [7, 11) is 0. The molecule has 2 N–H and O–H groups in total. The van der Waals surface area contributed by atoms with Crippen LogP contribution in [0.15, 0.2) is 30.3 Å². The van der Waals surface area contributed by atoms with Crippen molar-refractivity contribution in [3.05, 3.63) is 40.9 Å². The molecule has 1 aliphatic heterocycles. The predicted octanol–water partition coefficient (Wildman–Crippen LogP) is 3.45. The van der Waals surface area contributed by atoms with Crippen LogP contribution in [-0.2, 0) is 6.54 Å². The molecular formula is C19H25N5OS. The van der Waals surface area contributed by atoms with E-state index in [1.165, 1.54) is 36.2 Å². The lowest BCUT2D eigenvalue weighted by atomic mass is 9.97. The van der Waals surface area contributed by atoms with Crippen molar-refractivity contribution >= 4 is 22.5 Å². The van der Waals surface area contributed by atoms with E-state index < -0.39 is 0 Å². The highest BCUT2D eigenvalue weighted by atomic mass is 32.1. The van der Waals surface area contributed by atoms with Crippen LogP contribution in [-0.4, -0.2) is 40.8 Å². The van der Waals surface area contributed by atoms with Crippen LogP contribution >= 0.6 is 11.3 Å². The van der Waals surface area contributed by atoms with Gasteiger partial charge in [-0.25, -0.2) is 4.79 Å². The molecule has 7 heteroatoms. The zero-order valence-electron chi connectivity index (χ0n) is 14.9. The molecular weight excluding hydrogens is 346 g/mol. The predicted molar refractivity (Wildman–Crippen MR) is 103 cm³/mol. The van der Waals surface area contributed by atoms with E-state index in [-0.39, 0.29) is 6.03 Å². The SMILES string of the molecule is O=C(NC[C@H]1CCCN(Cc2ccccc2)C1)Nc1nnc(C2CC2)s1. The number of anilines is 1. The van der Waals surface area contributed by atoms with Crippen molar-refractivity contribution in [3.8, 4) is 0 Å². The molecule has 2 heterocycles. The molecule has 0 radical (unpaired) electrons. The van der Waals surface area contributed by atoms with Gasteiger partial charge in [0.05, 0.1) is 0 Å². The second-order valence-corrected chi connectivity index (χ2v) is 8.29. The molecule has 1 aromatic heterocycles. The number of carbonyl (C=O) groups excluding carboxylic acids is 1. The molecule has 2 amide bonds. The number of rotatable bonds is 6. The lowest BCUT2D eigenvalue weighted by Gasteiger charge is -2.32. The average molecular weight is 372 g/mol. The molecule has 0 bridgehead atoms. The van der Waals surface area contributed by atoms with Crippen LogP contribution in [0.1, 0.15) is 42.2 Å². The number of hydrogen-bond donors (Lipinski definition) is 2. The zero-order valence-corrected chi connectivity index (χ0v) is 15.7. The van der Waals surface area contributed by atoms with E-state index in [0.717, 1.165) is 31.1 Å². The number of likely N-dealkylation sites (tertiary alicyclic amines) is 1. The van der Waals surface area contributed by atoms with Crippen LogP contribution in [0.2, 0.25) is 0 Å². The molecule has 4 rings (SSSR count). The van der Waals surface area contributed by atoms with Gasteiger partial charge in [0, 0.05) is 25.6 Å². The Balaban J connectivity index is 1.21.